The lowest BCUT2D eigenvalue weighted by Crippen LogP contribution is -2.26. The summed E-state index contributed by atoms with van der Waals surface area (Å²) in [5, 5.41) is 7.16. The highest BCUT2D eigenvalue weighted by Crippen LogP contribution is 2.13. The van der Waals surface area contributed by atoms with Crippen LogP contribution in [0.2, 0.25) is 0 Å². The zero-order valence-corrected chi connectivity index (χ0v) is 14.9. The number of amides is 1. The average molecular weight is 346 g/mol. The smallest absolute Gasteiger partial charge is 0.259 e. The molecule has 0 saturated heterocycles. The number of hydrogen-bond acceptors (Lipinski definition) is 3. The molecule has 0 aliphatic rings. The standard InChI is InChI=1S/C21H22N4O/c1-16-10-11-18(13-17(16)2)22-15-21(26)24-23-14-20-9-6-12-25(20)19-7-4-3-5-8-19/h3-14,22H,15H2,1-2H3,(H,24,26)/b23-14-. The van der Waals surface area contributed by atoms with Crippen LogP contribution in [0.25, 0.3) is 5.69 Å². The third-order valence-electron chi connectivity index (χ3n) is 4.16. The summed E-state index contributed by atoms with van der Waals surface area (Å²) in [6, 6.07) is 19.9. The number of anilines is 1. The van der Waals surface area contributed by atoms with Crippen molar-refractivity contribution in [3.8, 4) is 5.69 Å². The highest BCUT2D eigenvalue weighted by Gasteiger charge is 2.02. The first-order valence-corrected chi connectivity index (χ1v) is 8.49. The summed E-state index contributed by atoms with van der Waals surface area (Å²) in [4.78, 5) is 12.0. The molecule has 1 amide bonds. The Kier molecular flexibility index (Phi) is 5.49. The highest BCUT2D eigenvalue weighted by atomic mass is 16.2. The van der Waals surface area contributed by atoms with E-state index >= 15 is 0 Å². The van der Waals surface area contributed by atoms with Gasteiger partial charge in [0.05, 0.1) is 18.5 Å². The van der Waals surface area contributed by atoms with Gasteiger partial charge in [0, 0.05) is 17.6 Å². The Morgan fingerprint density at radius 3 is 2.62 bits per heavy atom. The van der Waals surface area contributed by atoms with E-state index in [1.54, 1.807) is 6.21 Å². The lowest BCUT2D eigenvalue weighted by Gasteiger charge is -2.08. The third kappa shape index (κ3) is 4.39. The molecule has 132 valence electrons. The summed E-state index contributed by atoms with van der Waals surface area (Å²) in [6.07, 6.45) is 3.60. The number of carbonyl (C=O) groups is 1. The largest absolute Gasteiger partial charge is 0.376 e. The topological polar surface area (TPSA) is 58.4 Å². The molecule has 0 radical (unpaired) electrons. The molecule has 0 atom stereocenters. The maximum atomic E-state index is 12.0. The minimum Gasteiger partial charge on any atom is -0.376 e. The number of hydrazone groups is 1. The zero-order valence-electron chi connectivity index (χ0n) is 14.9. The van der Waals surface area contributed by atoms with E-state index in [1.165, 1.54) is 11.1 Å². The van der Waals surface area contributed by atoms with Crippen LogP contribution < -0.4 is 10.7 Å². The van der Waals surface area contributed by atoms with Crippen molar-refractivity contribution >= 4 is 17.8 Å². The van der Waals surface area contributed by atoms with E-state index in [-0.39, 0.29) is 12.5 Å². The molecule has 5 heteroatoms. The Bertz CT molecular complexity index is 913. The van der Waals surface area contributed by atoms with Crippen molar-refractivity contribution in [2.75, 3.05) is 11.9 Å². The van der Waals surface area contributed by atoms with Gasteiger partial charge in [0.1, 0.15) is 0 Å². The maximum absolute atomic E-state index is 12.0. The molecular formula is C21H22N4O. The van der Waals surface area contributed by atoms with E-state index < -0.39 is 0 Å². The number of carbonyl (C=O) groups excluding carboxylic acids is 1. The molecule has 3 rings (SSSR count). The van der Waals surface area contributed by atoms with Gasteiger partial charge in [-0.1, -0.05) is 24.3 Å². The number of benzene rings is 2. The summed E-state index contributed by atoms with van der Waals surface area (Å²) in [6.45, 7) is 4.28. The molecule has 0 saturated carbocycles. The Balaban J connectivity index is 1.55. The minimum atomic E-state index is -0.197. The van der Waals surface area contributed by atoms with Gasteiger partial charge in [-0.3, -0.25) is 4.79 Å². The van der Waals surface area contributed by atoms with Gasteiger partial charge in [0.25, 0.3) is 5.91 Å². The second kappa shape index (κ2) is 8.16. The average Bonchev–Trinajstić information content (AvgIpc) is 3.12. The molecule has 3 aromatic rings. The number of rotatable bonds is 6. The molecule has 26 heavy (non-hydrogen) atoms. The molecule has 1 heterocycles. The van der Waals surface area contributed by atoms with Crippen LogP contribution in [0.3, 0.4) is 0 Å². The summed E-state index contributed by atoms with van der Waals surface area (Å²) in [5.41, 5.74) is 7.82. The molecule has 2 aromatic carbocycles. The first-order valence-electron chi connectivity index (χ1n) is 8.49. The Hall–Kier alpha value is -3.34. The van der Waals surface area contributed by atoms with Gasteiger partial charge in [-0.15, -0.1) is 0 Å². The Morgan fingerprint density at radius 1 is 1.04 bits per heavy atom. The fourth-order valence-electron chi connectivity index (χ4n) is 2.57. The van der Waals surface area contributed by atoms with Gasteiger partial charge in [0.2, 0.25) is 0 Å². The SMILES string of the molecule is Cc1ccc(NCC(=O)N/N=C\c2cccn2-c2ccccc2)cc1C. The molecule has 0 unspecified atom stereocenters. The van der Waals surface area contributed by atoms with E-state index in [2.05, 4.69) is 22.8 Å². The van der Waals surface area contributed by atoms with Crippen LogP contribution in [-0.2, 0) is 4.79 Å². The van der Waals surface area contributed by atoms with Crippen molar-refractivity contribution in [1.29, 1.82) is 0 Å². The number of hydrogen-bond donors (Lipinski definition) is 2. The van der Waals surface area contributed by atoms with Crippen molar-refractivity contribution in [3.63, 3.8) is 0 Å². The summed E-state index contributed by atoms with van der Waals surface area (Å²) < 4.78 is 2.00. The van der Waals surface area contributed by atoms with E-state index in [0.29, 0.717) is 0 Å². The van der Waals surface area contributed by atoms with Crippen molar-refractivity contribution in [3.05, 3.63) is 83.7 Å². The van der Waals surface area contributed by atoms with Gasteiger partial charge < -0.3 is 9.88 Å². The van der Waals surface area contributed by atoms with Crippen molar-refractivity contribution in [2.45, 2.75) is 13.8 Å². The monoisotopic (exact) mass is 346 g/mol. The van der Waals surface area contributed by atoms with Gasteiger partial charge in [-0.25, -0.2) is 5.43 Å². The Labute approximate surface area is 153 Å². The van der Waals surface area contributed by atoms with E-state index in [9.17, 15) is 4.79 Å². The van der Waals surface area contributed by atoms with Gasteiger partial charge in [0.15, 0.2) is 0 Å². The molecule has 0 spiro atoms. The van der Waals surface area contributed by atoms with Crippen LogP contribution in [0.1, 0.15) is 16.8 Å². The third-order valence-corrected chi connectivity index (χ3v) is 4.16. The van der Waals surface area contributed by atoms with Crippen LogP contribution in [0.5, 0.6) is 0 Å². The first-order chi connectivity index (χ1) is 12.6. The van der Waals surface area contributed by atoms with Crippen LogP contribution in [-0.4, -0.2) is 23.2 Å². The lowest BCUT2D eigenvalue weighted by molar-refractivity contribution is -0.119. The number of aromatic nitrogens is 1. The Morgan fingerprint density at radius 2 is 1.85 bits per heavy atom. The molecule has 0 bridgehead atoms. The predicted octanol–water partition coefficient (Wildman–Crippen LogP) is 3.66. The van der Waals surface area contributed by atoms with Crippen LogP contribution in [0.4, 0.5) is 5.69 Å². The highest BCUT2D eigenvalue weighted by molar-refractivity contribution is 5.84. The number of para-hydroxylation sites is 1. The normalized spacial score (nSPS) is 10.8. The van der Waals surface area contributed by atoms with Crippen molar-refractivity contribution in [1.82, 2.24) is 9.99 Å². The molecule has 2 N–H and O–H groups in total. The molecule has 0 aliphatic carbocycles. The summed E-state index contributed by atoms with van der Waals surface area (Å²) in [7, 11) is 0. The first kappa shape index (κ1) is 17.5. The van der Waals surface area contributed by atoms with Crippen molar-refractivity contribution in [2.24, 2.45) is 5.10 Å². The number of nitrogens with one attached hydrogen (secondary N) is 2. The van der Waals surface area contributed by atoms with Crippen LogP contribution >= 0.6 is 0 Å². The number of nitrogens with zero attached hydrogens (tertiary/aromatic N) is 2. The van der Waals surface area contributed by atoms with E-state index in [1.807, 2.05) is 78.4 Å². The second-order valence-electron chi connectivity index (χ2n) is 6.08. The molecule has 1 aromatic heterocycles. The van der Waals surface area contributed by atoms with E-state index in [4.69, 9.17) is 0 Å². The predicted molar refractivity (Wildman–Crippen MR) is 106 cm³/mol. The quantitative estimate of drug-likeness (QED) is 0.529. The lowest BCUT2D eigenvalue weighted by atomic mass is 10.1. The zero-order chi connectivity index (χ0) is 18.4. The summed E-state index contributed by atoms with van der Waals surface area (Å²) >= 11 is 0. The number of aryl methyl sites for hydroxylation is 2. The maximum Gasteiger partial charge on any atom is 0.259 e. The molecule has 5 nitrogen and oxygen atoms in total. The van der Waals surface area contributed by atoms with Gasteiger partial charge in [-0.2, -0.15) is 5.10 Å². The molecule has 0 aliphatic heterocycles. The second-order valence-corrected chi connectivity index (χ2v) is 6.08. The van der Waals surface area contributed by atoms with Crippen molar-refractivity contribution < 1.29 is 4.79 Å². The van der Waals surface area contributed by atoms with Gasteiger partial charge in [-0.05, 0) is 61.4 Å². The minimum absolute atomic E-state index is 0.166. The van der Waals surface area contributed by atoms with Crippen LogP contribution in [0.15, 0.2) is 72.0 Å². The van der Waals surface area contributed by atoms with Gasteiger partial charge >= 0.3 is 0 Å². The molecule has 0 fully saturated rings. The van der Waals surface area contributed by atoms with E-state index in [0.717, 1.165) is 17.1 Å². The fraction of sp³-hybridized carbons (Fsp3) is 0.143. The van der Waals surface area contributed by atoms with Crippen LogP contribution in [0, 0.1) is 13.8 Å². The summed E-state index contributed by atoms with van der Waals surface area (Å²) in [5.74, 6) is -0.197. The fourth-order valence-corrected chi connectivity index (χ4v) is 2.57. The molecular weight excluding hydrogens is 324 g/mol.